The van der Waals surface area contributed by atoms with Crippen LogP contribution in [-0.4, -0.2) is 30.5 Å². The van der Waals surface area contributed by atoms with E-state index in [0.717, 1.165) is 22.9 Å². The van der Waals surface area contributed by atoms with Gasteiger partial charge in [-0.2, -0.15) is 0 Å². The van der Waals surface area contributed by atoms with Crippen molar-refractivity contribution in [2.45, 2.75) is 38.8 Å². The van der Waals surface area contributed by atoms with Crippen molar-refractivity contribution in [3.05, 3.63) is 42.5 Å². The quantitative estimate of drug-likeness (QED) is 0.289. The van der Waals surface area contributed by atoms with E-state index in [1.807, 2.05) is 56.3 Å². The molecule has 1 atom stereocenters. The van der Waals surface area contributed by atoms with Crippen LogP contribution in [0.2, 0.25) is 0 Å². The highest BCUT2D eigenvalue weighted by atomic mass is 16.2. The summed E-state index contributed by atoms with van der Waals surface area (Å²) in [4.78, 5) is 12.7. The van der Waals surface area contributed by atoms with Crippen LogP contribution in [0.3, 0.4) is 0 Å². The zero-order chi connectivity index (χ0) is 18.2. The monoisotopic (exact) mass is 341 g/mol. The summed E-state index contributed by atoms with van der Waals surface area (Å²) in [6, 6.07) is 13.9. The van der Waals surface area contributed by atoms with Crippen LogP contribution >= 0.6 is 0 Å². The lowest BCUT2D eigenvalue weighted by atomic mass is 10.1. The number of hydrogen-bond donors (Lipinski definition) is 5. The maximum Gasteiger partial charge on any atom is 0.241 e. The molecule has 0 spiro atoms. The predicted molar refractivity (Wildman–Crippen MR) is 104 cm³/mol. The fourth-order valence-corrected chi connectivity index (χ4v) is 2.72. The highest BCUT2D eigenvalue weighted by Crippen LogP contribution is 2.19. The van der Waals surface area contributed by atoms with Gasteiger partial charge in [0.25, 0.3) is 0 Å². The van der Waals surface area contributed by atoms with Crippen molar-refractivity contribution in [1.29, 1.82) is 5.41 Å². The molecule has 0 saturated heterocycles. The number of carbonyl (C=O) groups excluding carboxylic acids is 1. The molecule has 6 N–H and O–H groups in total. The normalized spacial score (nSPS) is 12.1. The highest BCUT2D eigenvalue weighted by Gasteiger charge is 2.19. The van der Waals surface area contributed by atoms with E-state index < -0.39 is 0 Å². The molecule has 0 unspecified atom stereocenters. The Hall–Kier alpha value is -2.60. The average molecular weight is 341 g/mol. The molecule has 0 radical (unpaired) electrons. The summed E-state index contributed by atoms with van der Waals surface area (Å²) in [5.41, 5.74) is 6.07. The molecular weight excluding hydrogens is 314 g/mol. The third-order valence-electron chi connectivity index (χ3n) is 3.85. The molecule has 0 bridgehead atoms. The van der Waals surface area contributed by atoms with Crippen molar-refractivity contribution in [2.24, 2.45) is 5.73 Å². The molecule has 25 heavy (non-hydrogen) atoms. The van der Waals surface area contributed by atoms with E-state index in [1.165, 1.54) is 0 Å². The molecule has 6 nitrogen and oxygen atoms in total. The molecule has 2 aromatic rings. The van der Waals surface area contributed by atoms with Crippen LogP contribution in [0, 0.1) is 5.41 Å². The fourth-order valence-electron chi connectivity index (χ4n) is 2.72. The molecule has 0 aromatic heterocycles. The van der Waals surface area contributed by atoms with Crippen molar-refractivity contribution >= 4 is 28.3 Å². The first-order chi connectivity index (χ1) is 12.0. The standard InChI is InChI=1S/C19H27N5O/c1-13(2)23-17(8-5-11-22-19(20)21)18(25)24-16-10-9-14-6-3-4-7-15(14)12-16/h3-4,6-7,9-10,12-13,17,23H,5,8,11H2,1-2H3,(H,24,25)(H4,20,21,22)/t17-/m0/s1. The Bertz CT molecular complexity index is 729. The van der Waals surface area contributed by atoms with Gasteiger partial charge in [-0.05, 0) is 35.7 Å². The summed E-state index contributed by atoms with van der Waals surface area (Å²) < 4.78 is 0. The Morgan fingerprint density at radius 3 is 2.56 bits per heavy atom. The molecule has 0 saturated carbocycles. The summed E-state index contributed by atoms with van der Waals surface area (Å²) in [6.45, 7) is 4.61. The first-order valence-corrected chi connectivity index (χ1v) is 8.59. The van der Waals surface area contributed by atoms with Crippen molar-refractivity contribution in [2.75, 3.05) is 11.9 Å². The van der Waals surface area contributed by atoms with Gasteiger partial charge in [-0.3, -0.25) is 10.2 Å². The van der Waals surface area contributed by atoms with Gasteiger partial charge in [-0.25, -0.2) is 0 Å². The molecule has 6 heteroatoms. The van der Waals surface area contributed by atoms with Crippen molar-refractivity contribution in [3.63, 3.8) is 0 Å². The molecule has 0 aliphatic carbocycles. The second kappa shape index (κ2) is 9.03. The number of amides is 1. The van der Waals surface area contributed by atoms with Crippen LogP contribution in [0.15, 0.2) is 42.5 Å². The summed E-state index contributed by atoms with van der Waals surface area (Å²) in [6.07, 6.45) is 1.41. The number of guanidine groups is 1. The van der Waals surface area contributed by atoms with E-state index in [4.69, 9.17) is 11.1 Å². The van der Waals surface area contributed by atoms with Crippen LogP contribution in [0.5, 0.6) is 0 Å². The van der Waals surface area contributed by atoms with Crippen LogP contribution in [0.25, 0.3) is 10.8 Å². The van der Waals surface area contributed by atoms with Crippen molar-refractivity contribution in [3.8, 4) is 0 Å². The summed E-state index contributed by atoms with van der Waals surface area (Å²) in [5, 5.41) is 18.5. The second-order valence-corrected chi connectivity index (χ2v) is 6.41. The number of fused-ring (bicyclic) bond motifs is 1. The van der Waals surface area contributed by atoms with E-state index in [9.17, 15) is 4.79 Å². The summed E-state index contributed by atoms with van der Waals surface area (Å²) in [5.74, 6) is -0.0965. The van der Waals surface area contributed by atoms with Crippen LogP contribution in [0.1, 0.15) is 26.7 Å². The van der Waals surface area contributed by atoms with Gasteiger partial charge in [0.15, 0.2) is 5.96 Å². The van der Waals surface area contributed by atoms with Crippen LogP contribution in [0.4, 0.5) is 5.69 Å². The molecule has 134 valence electrons. The van der Waals surface area contributed by atoms with Gasteiger partial charge in [0, 0.05) is 18.3 Å². The number of rotatable bonds is 8. The first kappa shape index (κ1) is 18.7. The van der Waals surface area contributed by atoms with Gasteiger partial charge in [-0.1, -0.05) is 44.2 Å². The number of benzene rings is 2. The Kier molecular flexibility index (Phi) is 6.77. The largest absolute Gasteiger partial charge is 0.370 e. The molecule has 2 rings (SSSR count). The number of hydrogen-bond acceptors (Lipinski definition) is 3. The van der Waals surface area contributed by atoms with E-state index in [1.54, 1.807) is 0 Å². The van der Waals surface area contributed by atoms with Gasteiger partial charge in [-0.15, -0.1) is 0 Å². The fraction of sp³-hybridized carbons (Fsp3) is 0.368. The predicted octanol–water partition coefficient (Wildman–Crippen LogP) is 2.41. The lowest BCUT2D eigenvalue weighted by Crippen LogP contribution is -2.44. The number of anilines is 1. The minimum atomic E-state index is -0.291. The van der Waals surface area contributed by atoms with Crippen molar-refractivity contribution in [1.82, 2.24) is 10.6 Å². The lowest BCUT2D eigenvalue weighted by Gasteiger charge is -2.21. The second-order valence-electron chi connectivity index (χ2n) is 6.41. The lowest BCUT2D eigenvalue weighted by molar-refractivity contribution is -0.118. The third-order valence-corrected chi connectivity index (χ3v) is 3.85. The van der Waals surface area contributed by atoms with Gasteiger partial charge < -0.3 is 21.7 Å². The van der Waals surface area contributed by atoms with Crippen molar-refractivity contribution < 1.29 is 4.79 Å². The summed E-state index contributed by atoms with van der Waals surface area (Å²) >= 11 is 0. The molecular formula is C19H27N5O. The SMILES string of the molecule is CC(C)N[C@@H](CCCNC(=N)N)C(=O)Nc1ccc2ccccc2c1. The Morgan fingerprint density at radius 2 is 1.88 bits per heavy atom. The van der Waals surface area contributed by atoms with E-state index in [2.05, 4.69) is 16.0 Å². The maximum absolute atomic E-state index is 12.7. The minimum Gasteiger partial charge on any atom is -0.370 e. The zero-order valence-electron chi connectivity index (χ0n) is 14.8. The first-order valence-electron chi connectivity index (χ1n) is 8.59. The number of nitrogens with one attached hydrogen (secondary N) is 4. The van der Waals surface area contributed by atoms with Gasteiger partial charge >= 0.3 is 0 Å². The molecule has 0 aliphatic rings. The van der Waals surface area contributed by atoms with Crippen LogP contribution < -0.4 is 21.7 Å². The van der Waals surface area contributed by atoms with E-state index in [-0.39, 0.29) is 24.0 Å². The smallest absolute Gasteiger partial charge is 0.241 e. The maximum atomic E-state index is 12.7. The Balaban J connectivity index is 1.99. The molecule has 0 aliphatic heterocycles. The van der Waals surface area contributed by atoms with Gasteiger partial charge in [0.1, 0.15) is 0 Å². The van der Waals surface area contributed by atoms with Gasteiger partial charge in [0.2, 0.25) is 5.91 Å². The molecule has 0 heterocycles. The van der Waals surface area contributed by atoms with E-state index in [0.29, 0.717) is 13.0 Å². The van der Waals surface area contributed by atoms with Gasteiger partial charge in [0.05, 0.1) is 6.04 Å². The topological polar surface area (TPSA) is 103 Å². The molecule has 1 amide bonds. The third kappa shape index (κ3) is 6.08. The number of carbonyl (C=O) groups is 1. The minimum absolute atomic E-state index is 0.0472. The van der Waals surface area contributed by atoms with Crippen LogP contribution in [-0.2, 0) is 4.79 Å². The van der Waals surface area contributed by atoms with E-state index >= 15 is 0 Å². The number of nitrogens with two attached hydrogens (primary N) is 1. The average Bonchev–Trinajstić information content (AvgIpc) is 2.57. The Labute approximate surface area is 148 Å². The molecule has 0 fully saturated rings. The highest BCUT2D eigenvalue weighted by molar-refractivity contribution is 5.97. The molecule has 2 aromatic carbocycles. The Morgan fingerprint density at radius 1 is 1.16 bits per heavy atom. The zero-order valence-corrected chi connectivity index (χ0v) is 14.8. The summed E-state index contributed by atoms with van der Waals surface area (Å²) in [7, 11) is 0.